The smallest absolute Gasteiger partial charge is 0.272 e. The summed E-state index contributed by atoms with van der Waals surface area (Å²) in [4.78, 5) is 17.7. The molecule has 0 unspecified atom stereocenters. The summed E-state index contributed by atoms with van der Waals surface area (Å²) in [6, 6.07) is 19.3. The van der Waals surface area contributed by atoms with Gasteiger partial charge in [0.1, 0.15) is 28.7 Å². The predicted molar refractivity (Wildman–Crippen MR) is 132 cm³/mol. The van der Waals surface area contributed by atoms with Crippen molar-refractivity contribution < 1.29 is 18.3 Å². The number of amides is 1. The molecular formula is C27H27FN4O3. The number of ether oxygens (including phenoxy) is 1. The molecule has 0 radical (unpaired) electrons. The molecule has 2 aromatic heterocycles. The van der Waals surface area contributed by atoms with Crippen molar-refractivity contribution in [1.29, 1.82) is 0 Å². The van der Waals surface area contributed by atoms with Crippen LogP contribution in [0.25, 0.3) is 17.1 Å². The second-order valence-electron chi connectivity index (χ2n) is 8.39. The Morgan fingerprint density at radius 3 is 2.46 bits per heavy atom. The van der Waals surface area contributed by atoms with Crippen LogP contribution >= 0.6 is 0 Å². The van der Waals surface area contributed by atoms with E-state index >= 15 is 0 Å². The molecule has 1 amide bonds. The molecular weight excluding hydrogens is 447 g/mol. The summed E-state index contributed by atoms with van der Waals surface area (Å²) in [5.41, 5.74) is 2.60. The molecule has 7 nitrogen and oxygen atoms in total. The number of aryl methyl sites for hydroxylation is 1. The van der Waals surface area contributed by atoms with Crippen LogP contribution in [0.15, 0.2) is 71.1 Å². The number of aromatic nitrogens is 2. The third-order valence-electron chi connectivity index (χ3n) is 6.07. The average molecular weight is 475 g/mol. The van der Waals surface area contributed by atoms with Crippen LogP contribution in [0, 0.1) is 12.7 Å². The maximum atomic E-state index is 13.6. The SMILES string of the molecule is CCOc1ccccc1N1CCN(C(=O)c2cc(-c3ccc(C)o3)nn2-c2ccc(F)cc2)CC1. The van der Waals surface area contributed by atoms with Gasteiger partial charge in [-0.05, 0) is 62.4 Å². The van der Waals surface area contributed by atoms with Crippen LogP contribution in [0.3, 0.4) is 0 Å². The molecule has 8 heteroatoms. The number of nitrogens with zero attached hydrogens (tertiary/aromatic N) is 4. The number of hydrogen-bond acceptors (Lipinski definition) is 5. The molecule has 2 aromatic carbocycles. The summed E-state index contributed by atoms with van der Waals surface area (Å²) in [5.74, 6) is 1.71. The normalized spacial score (nSPS) is 13.8. The van der Waals surface area contributed by atoms with Crippen molar-refractivity contribution in [1.82, 2.24) is 14.7 Å². The number of carbonyl (C=O) groups excluding carboxylic acids is 1. The quantitative estimate of drug-likeness (QED) is 0.396. The summed E-state index contributed by atoms with van der Waals surface area (Å²) in [5, 5.41) is 4.63. The molecule has 0 saturated carbocycles. The van der Waals surface area contributed by atoms with E-state index in [0.29, 0.717) is 55.6 Å². The van der Waals surface area contributed by atoms with Crippen LogP contribution in [0.1, 0.15) is 23.2 Å². The third kappa shape index (κ3) is 4.64. The molecule has 1 saturated heterocycles. The molecule has 0 N–H and O–H groups in total. The van der Waals surface area contributed by atoms with Gasteiger partial charge in [0.15, 0.2) is 5.76 Å². The Hall–Kier alpha value is -4.07. The number of halogens is 1. The van der Waals surface area contributed by atoms with E-state index in [1.807, 2.05) is 55.1 Å². The van der Waals surface area contributed by atoms with Gasteiger partial charge in [-0.25, -0.2) is 9.07 Å². The molecule has 0 bridgehead atoms. The van der Waals surface area contributed by atoms with Crippen LogP contribution in [0.5, 0.6) is 5.75 Å². The fraction of sp³-hybridized carbons (Fsp3) is 0.259. The number of furan rings is 1. The van der Waals surface area contributed by atoms with E-state index in [1.165, 1.54) is 12.1 Å². The van der Waals surface area contributed by atoms with Gasteiger partial charge in [0.2, 0.25) is 0 Å². The van der Waals surface area contributed by atoms with Crippen molar-refractivity contribution in [2.45, 2.75) is 13.8 Å². The minimum atomic E-state index is -0.348. The zero-order valence-electron chi connectivity index (χ0n) is 19.8. The largest absolute Gasteiger partial charge is 0.492 e. The first kappa shape index (κ1) is 22.7. The fourth-order valence-corrected chi connectivity index (χ4v) is 4.31. The van der Waals surface area contributed by atoms with Gasteiger partial charge in [0.25, 0.3) is 5.91 Å². The maximum Gasteiger partial charge on any atom is 0.272 e. The Morgan fingerprint density at radius 1 is 1.03 bits per heavy atom. The van der Waals surface area contributed by atoms with E-state index in [-0.39, 0.29) is 11.7 Å². The van der Waals surface area contributed by atoms with Gasteiger partial charge in [-0.2, -0.15) is 5.10 Å². The highest BCUT2D eigenvalue weighted by molar-refractivity contribution is 5.94. The molecule has 0 atom stereocenters. The van der Waals surface area contributed by atoms with Gasteiger partial charge >= 0.3 is 0 Å². The van der Waals surface area contributed by atoms with Crippen molar-refractivity contribution in [3.8, 4) is 22.9 Å². The number of piperazine rings is 1. The van der Waals surface area contributed by atoms with E-state index in [1.54, 1.807) is 22.9 Å². The van der Waals surface area contributed by atoms with Crippen LogP contribution in [0.4, 0.5) is 10.1 Å². The van der Waals surface area contributed by atoms with Gasteiger partial charge in [0.05, 0.1) is 18.0 Å². The lowest BCUT2D eigenvalue weighted by atomic mass is 10.2. The molecule has 180 valence electrons. The number of para-hydroxylation sites is 2. The van der Waals surface area contributed by atoms with Gasteiger partial charge < -0.3 is 19.0 Å². The van der Waals surface area contributed by atoms with Crippen LogP contribution in [-0.4, -0.2) is 53.4 Å². The minimum absolute atomic E-state index is 0.130. The summed E-state index contributed by atoms with van der Waals surface area (Å²) in [7, 11) is 0. The van der Waals surface area contributed by atoms with Crippen LogP contribution in [-0.2, 0) is 0 Å². The Bertz CT molecular complexity index is 1320. The average Bonchev–Trinajstić information content (AvgIpc) is 3.51. The summed E-state index contributed by atoms with van der Waals surface area (Å²) >= 11 is 0. The molecule has 3 heterocycles. The Kier molecular flexibility index (Phi) is 6.27. The number of carbonyl (C=O) groups is 1. The molecule has 1 fully saturated rings. The molecule has 1 aliphatic heterocycles. The zero-order chi connectivity index (χ0) is 24.4. The highest BCUT2D eigenvalue weighted by Crippen LogP contribution is 2.30. The van der Waals surface area contributed by atoms with E-state index in [9.17, 15) is 9.18 Å². The summed E-state index contributed by atoms with van der Waals surface area (Å²) in [6.45, 7) is 6.91. The number of anilines is 1. The predicted octanol–water partition coefficient (Wildman–Crippen LogP) is 4.94. The lowest BCUT2D eigenvalue weighted by molar-refractivity contribution is 0.0737. The van der Waals surface area contributed by atoms with Crippen molar-refractivity contribution in [3.63, 3.8) is 0 Å². The van der Waals surface area contributed by atoms with Crippen molar-refractivity contribution in [2.75, 3.05) is 37.7 Å². The van der Waals surface area contributed by atoms with E-state index < -0.39 is 0 Å². The highest BCUT2D eigenvalue weighted by atomic mass is 19.1. The van der Waals surface area contributed by atoms with E-state index in [0.717, 1.165) is 17.2 Å². The van der Waals surface area contributed by atoms with Gasteiger partial charge in [0, 0.05) is 32.2 Å². The van der Waals surface area contributed by atoms with Gasteiger partial charge in [-0.3, -0.25) is 4.79 Å². The monoisotopic (exact) mass is 474 g/mol. The second-order valence-corrected chi connectivity index (χ2v) is 8.39. The van der Waals surface area contributed by atoms with Crippen molar-refractivity contribution in [2.24, 2.45) is 0 Å². The fourth-order valence-electron chi connectivity index (χ4n) is 4.31. The Morgan fingerprint density at radius 2 is 1.77 bits per heavy atom. The third-order valence-corrected chi connectivity index (χ3v) is 6.07. The molecule has 0 aliphatic carbocycles. The lowest BCUT2D eigenvalue weighted by Crippen LogP contribution is -2.49. The van der Waals surface area contributed by atoms with Crippen molar-refractivity contribution >= 4 is 11.6 Å². The Balaban J connectivity index is 1.40. The molecule has 0 spiro atoms. The molecule has 35 heavy (non-hydrogen) atoms. The first-order valence-corrected chi connectivity index (χ1v) is 11.7. The zero-order valence-corrected chi connectivity index (χ0v) is 19.8. The standard InChI is InChI=1S/C27H27FN4O3/c1-3-34-26-7-5-4-6-23(26)30-14-16-31(17-15-30)27(33)24-18-22(25-13-8-19(2)35-25)29-32(24)21-11-9-20(28)10-12-21/h4-13,18H,3,14-17H2,1-2H3. The van der Waals surface area contributed by atoms with Crippen LogP contribution < -0.4 is 9.64 Å². The first-order chi connectivity index (χ1) is 17.0. The van der Waals surface area contributed by atoms with Gasteiger partial charge in [-0.15, -0.1) is 0 Å². The second kappa shape index (κ2) is 9.66. The lowest BCUT2D eigenvalue weighted by Gasteiger charge is -2.36. The van der Waals surface area contributed by atoms with Crippen molar-refractivity contribution in [3.05, 3.63) is 84.0 Å². The van der Waals surface area contributed by atoms with Crippen LogP contribution in [0.2, 0.25) is 0 Å². The Labute approximate surface area is 203 Å². The number of rotatable bonds is 6. The van der Waals surface area contributed by atoms with E-state index in [4.69, 9.17) is 9.15 Å². The minimum Gasteiger partial charge on any atom is -0.492 e. The van der Waals surface area contributed by atoms with Gasteiger partial charge in [-0.1, -0.05) is 12.1 Å². The van der Waals surface area contributed by atoms with E-state index in [2.05, 4.69) is 10.00 Å². The number of hydrogen-bond donors (Lipinski definition) is 0. The summed E-state index contributed by atoms with van der Waals surface area (Å²) < 4.78 is 26.6. The number of benzene rings is 2. The highest BCUT2D eigenvalue weighted by Gasteiger charge is 2.27. The first-order valence-electron chi connectivity index (χ1n) is 11.7. The molecule has 4 aromatic rings. The molecule has 5 rings (SSSR count). The summed E-state index contributed by atoms with van der Waals surface area (Å²) in [6.07, 6.45) is 0. The molecule has 1 aliphatic rings. The maximum absolute atomic E-state index is 13.6. The topological polar surface area (TPSA) is 63.7 Å².